The zero-order valence-corrected chi connectivity index (χ0v) is 11.6. The topological polar surface area (TPSA) is 21.3 Å². The molecule has 1 unspecified atom stereocenters. The fourth-order valence-corrected chi connectivity index (χ4v) is 3.38. The average molecular weight is 239 g/mol. The van der Waals surface area contributed by atoms with Crippen molar-refractivity contribution in [2.75, 3.05) is 19.7 Å². The van der Waals surface area contributed by atoms with Crippen LogP contribution in [0.3, 0.4) is 0 Å². The van der Waals surface area contributed by atoms with Crippen LogP contribution in [0.25, 0.3) is 0 Å². The zero-order chi connectivity index (χ0) is 12.1. The first-order valence-electron chi connectivity index (χ1n) is 7.60. The van der Waals surface area contributed by atoms with Gasteiger partial charge in [0.15, 0.2) is 0 Å². The maximum atomic E-state index is 6.20. The van der Waals surface area contributed by atoms with E-state index in [1.807, 2.05) is 0 Å². The Balaban J connectivity index is 1.82. The highest BCUT2D eigenvalue weighted by Crippen LogP contribution is 2.32. The van der Waals surface area contributed by atoms with Gasteiger partial charge in [0, 0.05) is 18.5 Å². The van der Waals surface area contributed by atoms with Crippen LogP contribution in [0.5, 0.6) is 0 Å². The van der Waals surface area contributed by atoms with E-state index in [0.29, 0.717) is 11.5 Å². The molecule has 0 aromatic carbocycles. The lowest BCUT2D eigenvalue weighted by molar-refractivity contribution is 0.000683. The molecular formula is C15H29NO. The van der Waals surface area contributed by atoms with Gasteiger partial charge in [-0.2, -0.15) is 0 Å². The van der Waals surface area contributed by atoms with Crippen molar-refractivity contribution < 1.29 is 4.74 Å². The predicted octanol–water partition coefficient (Wildman–Crippen LogP) is 3.36. The summed E-state index contributed by atoms with van der Waals surface area (Å²) in [5, 5.41) is 3.64. The summed E-state index contributed by atoms with van der Waals surface area (Å²) in [7, 11) is 0. The molecule has 1 N–H and O–H groups in total. The van der Waals surface area contributed by atoms with Crippen LogP contribution in [0, 0.1) is 11.3 Å². The predicted molar refractivity (Wildman–Crippen MR) is 72.2 cm³/mol. The number of rotatable bonds is 4. The minimum absolute atomic E-state index is 0.393. The number of hydrogen-bond acceptors (Lipinski definition) is 2. The van der Waals surface area contributed by atoms with Crippen molar-refractivity contribution in [1.82, 2.24) is 5.32 Å². The highest BCUT2D eigenvalue weighted by atomic mass is 16.5. The SMILES string of the molecule is CCC1(CC)CNCC(CC2CCCC2)OC1. The molecule has 0 aromatic heterocycles. The van der Waals surface area contributed by atoms with Gasteiger partial charge in [0.05, 0.1) is 12.7 Å². The smallest absolute Gasteiger partial charge is 0.0702 e. The maximum Gasteiger partial charge on any atom is 0.0702 e. The molecule has 17 heavy (non-hydrogen) atoms. The molecule has 1 saturated carbocycles. The van der Waals surface area contributed by atoms with Gasteiger partial charge < -0.3 is 10.1 Å². The lowest BCUT2D eigenvalue weighted by Gasteiger charge is -2.29. The van der Waals surface area contributed by atoms with Crippen LogP contribution in [0.4, 0.5) is 0 Å². The number of hydrogen-bond donors (Lipinski definition) is 1. The molecule has 0 spiro atoms. The monoisotopic (exact) mass is 239 g/mol. The molecule has 0 aromatic rings. The fourth-order valence-electron chi connectivity index (χ4n) is 3.38. The third-order valence-electron chi connectivity index (χ3n) is 5.07. The molecule has 2 aliphatic rings. The molecule has 1 aliphatic carbocycles. The van der Waals surface area contributed by atoms with Gasteiger partial charge in [-0.1, -0.05) is 39.5 Å². The quantitative estimate of drug-likeness (QED) is 0.812. The Hall–Kier alpha value is -0.0800. The summed E-state index contributed by atoms with van der Waals surface area (Å²) in [4.78, 5) is 0. The van der Waals surface area contributed by atoms with Crippen LogP contribution in [0.2, 0.25) is 0 Å². The largest absolute Gasteiger partial charge is 0.376 e. The number of ether oxygens (including phenoxy) is 1. The first-order valence-corrected chi connectivity index (χ1v) is 7.60. The van der Waals surface area contributed by atoms with Gasteiger partial charge in [0.1, 0.15) is 0 Å². The molecule has 2 nitrogen and oxygen atoms in total. The summed E-state index contributed by atoms with van der Waals surface area (Å²) in [6.07, 6.45) is 9.98. The second kappa shape index (κ2) is 6.19. The molecule has 1 heterocycles. The van der Waals surface area contributed by atoms with Crippen LogP contribution < -0.4 is 5.32 Å². The Bertz CT molecular complexity index is 219. The van der Waals surface area contributed by atoms with Gasteiger partial charge >= 0.3 is 0 Å². The average Bonchev–Trinajstić information content (AvgIpc) is 2.77. The van der Waals surface area contributed by atoms with Crippen molar-refractivity contribution in [3.8, 4) is 0 Å². The van der Waals surface area contributed by atoms with Gasteiger partial charge in [-0.05, 0) is 25.2 Å². The fraction of sp³-hybridized carbons (Fsp3) is 1.00. The summed E-state index contributed by atoms with van der Waals surface area (Å²) in [5.74, 6) is 0.942. The minimum Gasteiger partial charge on any atom is -0.376 e. The van der Waals surface area contributed by atoms with Gasteiger partial charge in [-0.3, -0.25) is 0 Å². The van der Waals surface area contributed by atoms with Crippen molar-refractivity contribution in [3.63, 3.8) is 0 Å². The first-order chi connectivity index (χ1) is 8.28. The summed E-state index contributed by atoms with van der Waals surface area (Å²) in [6, 6.07) is 0. The summed E-state index contributed by atoms with van der Waals surface area (Å²) < 4.78 is 6.20. The molecule has 2 rings (SSSR count). The van der Waals surface area contributed by atoms with E-state index in [0.717, 1.165) is 25.6 Å². The summed E-state index contributed by atoms with van der Waals surface area (Å²) >= 11 is 0. The van der Waals surface area contributed by atoms with Crippen LogP contribution in [-0.4, -0.2) is 25.8 Å². The summed E-state index contributed by atoms with van der Waals surface area (Å²) in [5.41, 5.74) is 0.393. The van der Waals surface area contributed by atoms with Gasteiger partial charge in [-0.15, -0.1) is 0 Å². The third-order valence-corrected chi connectivity index (χ3v) is 5.07. The molecule has 1 saturated heterocycles. The lowest BCUT2D eigenvalue weighted by atomic mass is 9.83. The Morgan fingerprint density at radius 3 is 2.53 bits per heavy atom. The second-order valence-corrected chi connectivity index (χ2v) is 6.16. The third kappa shape index (κ3) is 3.45. The van der Waals surface area contributed by atoms with E-state index in [9.17, 15) is 0 Å². The van der Waals surface area contributed by atoms with Crippen LogP contribution in [0.15, 0.2) is 0 Å². The zero-order valence-electron chi connectivity index (χ0n) is 11.6. The molecular weight excluding hydrogens is 210 g/mol. The molecule has 0 bridgehead atoms. The Morgan fingerprint density at radius 2 is 1.88 bits per heavy atom. The maximum absolute atomic E-state index is 6.20. The van der Waals surface area contributed by atoms with Gasteiger partial charge in [0.2, 0.25) is 0 Å². The normalized spacial score (nSPS) is 30.4. The lowest BCUT2D eigenvalue weighted by Crippen LogP contribution is -2.34. The van der Waals surface area contributed by atoms with Crippen LogP contribution >= 0.6 is 0 Å². The summed E-state index contributed by atoms with van der Waals surface area (Å²) in [6.45, 7) is 7.77. The molecule has 0 radical (unpaired) electrons. The van der Waals surface area contributed by atoms with Crippen LogP contribution in [-0.2, 0) is 4.74 Å². The van der Waals surface area contributed by atoms with Crippen LogP contribution in [0.1, 0.15) is 58.8 Å². The first kappa shape index (κ1) is 13.4. The van der Waals surface area contributed by atoms with Gasteiger partial charge in [0.25, 0.3) is 0 Å². The Labute approximate surface area is 107 Å². The second-order valence-electron chi connectivity index (χ2n) is 6.16. The standard InChI is InChI=1S/C15H29NO/c1-3-15(4-2)11-16-10-14(17-12-15)9-13-7-5-6-8-13/h13-14,16H,3-12H2,1-2H3. The van der Waals surface area contributed by atoms with Gasteiger partial charge in [-0.25, -0.2) is 0 Å². The van der Waals surface area contributed by atoms with E-state index in [1.165, 1.54) is 44.9 Å². The Kier molecular flexibility index (Phi) is 4.87. The highest BCUT2D eigenvalue weighted by molar-refractivity contribution is 4.84. The molecule has 1 aliphatic heterocycles. The molecule has 0 amide bonds. The van der Waals surface area contributed by atoms with Crippen molar-refractivity contribution >= 4 is 0 Å². The van der Waals surface area contributed by atoms with Crippen molar-refractivity contribution in [2.45, 2.75) is 64.9 Å². The highest BCUT2D eigenvalue weighted by Gasteiger charge is 2.31. The molecule has 2 heteroatoms. The van der Waals surface area contributed by atoms with E-state index in [4.69, 9.17) is 4.74 Å². The van der Waals surface area contributed by atoms with E-state index < -0.39 is 0 Å². The molecule has 2 fully saturated rings. The number of nitrogens with one attached hydrogen (secondary N) is 1. The van der Waals surface area contributed by atoms with E-state index >= 15 is 0 Å². The molecule has 1 atom stereocenters. The van der Waals surface area contributed by atoms with E-state index in [-0.39, 0.29) is 0 Å². The van der Waals surface area contributed by atoms with Crippen molar-refractivity contribution in [1.29, 1.82) is 0 Å². The minimum atomic E-state index is 0.393. The van der Waals surface area contributed by atoms with Crippen molar-refractivity contribution in [2.24, 2.45) is 11.3 Å². The Morgan fingerprint density at radius 1 is 1.18 bits per heavy atom. The van der Waals surface area contributed by atoms with Crippen molar-refractivity contribution in [3.05, 3.63) is 0 Å². The molecule has 100 valence electrons. The van der Waals surface area contributed by atoms with E-state index in [2.05, 4.69) is 19.2 Å². The van der Waals surface area contributed by atoms with E-state index in [1.54, 1.807) is 0 Å².